The molecule has 0 bridgehead atoms. The average Bonchev–Trinajstić information content (AvgIpc) is 3.40. The molecule has 30 heavy (non-hydrogen) atoms. The van der Waals surface area contributed by atoms with Crippen LogP contribution in [0.25, 0.3) is 16.9 Å². The molecular formula is C24H22N4OS. The molecule has 0 aliphatic carbocycles. The van der Waals surface area contributed by atoms with Gasteiger partial charge in [0.05, 0.1) is 28.8 Å². The van der Waals surface area contributed by atoms with Crippen LogP contribution >= 0.6 is 11.3 Å². The van der Waals surface area contributed by atoms with Crippen molar-refractivity contribution in [3.05, 3.63) is 95.6 Å². The van der Waals surface area contributed by atoms with Gasteiger partial charge in [-0.2, -0.15) is 5.10 Å². The Balaban J connectivity index is 1.68. The number of amides is 1. The lowest BCUT2D eigenvalue weighted by molar-refractivity contribution is 0.0989. The molecule has 0 spiro atoms. The zero-order chi connectivity index (χ0) is 21.1. The normalized spacial score (nSPS) is 10.7. The molecule has 2 aromatic carbocycles. The van der Waals surface area contributed by atoms with Crippen LogP contribution < -0.4 is 4.90 Å². The van der Waals surface area contributed by atoms with Crippen LogP contribution in [0, 0.1) is 13.8 Å². The summed E-state index contributed by atoms with van der Waals surface area (Å²) in [5.41, 5.74) is 5.28. The van der Waals surface area contributed by atoms with Crippen molar-refractivity contribution in [3.8, 4) is 16.9 Å². The largest absolute Gasteiger partial charge is 0.280 e. The van der Waals surface area contributed by atoms with Crippen LogP contribution in [0.5, 0.6) is 0 Å². The summed E-state index contributed by atoms with van der Waals surface area (Å²) in [5, 5.41) is 7.09. The van der Waals surface area contributed by atoms with E-state index >= 15 is 0 Å². The molecule has 4 rings (SSSR count). The van der Waals surface area contributed by atoms with Gasteiger partial charge in [0.25, 0.3) is 5.91 Å². The maximum Gasteiger partial charge on any atom is 0.263 e. The highest BCUT2D eigenvalue weighted by molar-refractivity contribution is 7.14. The van der Waals surface area contributed by atoms with E-state index in [0.717, 1.165) is 28.2 Å². The van der Waals surface area contributed by atoms with Crippen LogP contribution in [0.4, 0.5) is 5.13 Å². The highest BCUT2D eigenvalue weighted by Crippen LogP contribution is 2.29. The van der Waals surface area contributed by atoms with E-state index in [2.05, 4.69) is 11.7 Å². The predicted molar refractivity (Wildman–Crippen MR) is 122 cm³/mol. The molecule has 150 valence electrons. The summed E-state index contributed by atoms with van der Waals surface area (Å²) in [6, 6.07) is 17.9. The van der Waals surface area contributed by atoms with Crippen LogP contribution in [-0.4, -0.2) is 27.2 Å². The Morgan fingerprint density at radius 1 is 1.13 bits per heavy atom. The van der Waals surface area contributed by atoms with E-state index in [0.29, 0.717) is 17.2 Å². The van der Waals surface area contributed by atoms with Gasteiger partial charge in [0.1, 0.15) is 0 Å². The number of hydrogen-bond donors (Lipinski definition) is 0. The van der Waals surface area contributed by atoms with Crippen molar-refractivity contribution in [1.82, 2.24) is 14.8 Å². The minimum atomic E-state index is -0.138. The Kier molecular flexibility index (Phi) is 5.59. The first-order valence-corrected chi connectivity index (χ1v) is 10.5. The number of aryl methyl sites for hydroxylation is 1. The smallest absolute Gasteiger partial charge is 0.263 e. The molecule has 0 aliphatic rings. The van der Waals surface area contributed by atoms with Gasteiger partial charge < -0.3 is 0 Å². The fourth-order valence-electron chi connectivity index (χ4n) is 3.32. The first-order chi connectivity index (χ1) is 14.6. The summed E-state index contributed by atoms with van der Waals surface area (Å²) >= 11 is 1.45. The molecule has 5 nitrogen and oxygen atoms in total. The van der Waals surface area contributed by atoms with Crippen molar-refractivity contribution >= 4 is 22.4 Å². The Labute approximate surface area is 179 Å². The van der Waals surface area contributed by atoms with E-state index in [4.69, 9.17) is 4.98 Å². The molecule has 1 amide bonds. The van der Waals surface area contributed by atoms with Crippen LogP contribution in [0.15, 0.2) is 78.8 Å². The number of aromatic nitrogens is 3. The molecule has 0 atom stereocenters. The van der Waals surface area contributed by atoms with Crippen LogP contribution in [0.2, 0.25) is 0 Å². The molecule has 0 radical (unpaired) electrons. The summed E-state index contributed by atoms with van der Waals surface area (Å²) in [6.07, 6.45) is 3.34. The summed E-state index contributed by atoms with van der Waals surface area (Å²) in [6.45, 7) is 8.13. The molecule has 0 fully saturated rings. The standard InChI is InChI=1S/C24H22N4OS/c1-4-14-27(24-26-21(16-30-24)19-11-6-5-7-12-19)23(29)20-15-25-28(18(20)3)22-13-9-8-10-17(22)2/h4-13,15-16H,1,14H2,2-3H3. The Hall–Kier alpha value is -3.51. The first kappa shape index (κ1) is 19.8. The monoisotopic (exact) mass is 414 g/mol. The number of anilines is 1. The molecule has 0 aliphatic heterocycles. The number of benzene rings is 2. The second-order valence-corrected chi connectivity index (χ2v) is 7.76. The van der Waals surface area contributed by atoms with Crippen molar-refractivity contribution in [1.29, 1.82) is 0 Å². The molecule has 2 heterocycles. The number of carbonyl (C=O) groups excluding carboxylic acids is 1. The van der Waals surface area contributed by atoms with Gasteiger partial charge in [-0.25, -0.2) is 9.67 Å². The molecule has 2 aromatic heterocycles. The van der Waals surface area contributed by atoms with Gasteiger partial charge in [0, 0.05) is 17.5 Å². The van der Waals surface area contributed by atoms with Gasteiger partial charge in [-0.3, -0.25) is 9.69 Å². The first-order valence-electron chi connectivity index (χ1n) is 9.64. The Morgan fingerprint density at radius 2 is 1.87 bits per heavy atom. The lowest BCUT2D eigenvalue weighted by Crippen LogP contribution is -2.31. The number of rotatable bonds is 6. The van der Waals surface area contributed by atoms with Crippen LogP contribution in [0.1, 0.15) is 21.6 Å². The van der Waals surface area contributed by atoms with Gasteiger partial charge in [0.15, 0.2) is 5.13 Å². The van der Waals surface area contributed by atoms with Gasteiger partial charge >= 0.3 is 0 Å². The fourth-order valence-corrected chi connectivity index (χ4v) is 4.16. The fraction of sp³-hybridized carbons (Fsp3) is 0.125. The second kappa shape index (κ2) is 8.47. The third-order valence-electron chi connectivity index (χ3n) is 4.93. The van der Waals surface area contributed by atoms with Gasteiger partial charge in [-0.15, -0.1) is 17.9 Å². The Bertz CT molecular complexity index is 1190. The summed E-state index contributed by atoms with van der Waals surface area (Å²) in [5.74, 6) is -0.138. The SMILES string of the molecule is C=CCN(C(=O)c1cnn(-c2ccccc2C)c1C)c1nc(-c2ccccc2)cs1. The van der Waals surface area contributed by atoms with E-state index in [1.165, 1.54) is 11.3 Å². The van der Waals surface area contributed by atoms with Gasteiger partial charge in [-0.05, 0) is 25.5 Å². The number of para-hydroxylation sites is 1. The van der Waals surface area contributed by atoms with Crippen LogP contribution in [-0.2, 0) is 0 Å². The van der Waals surface area contributed by atoms with Crippen molar-refractivity contribution in [2.24, 2.45) is 0 Å². The van der Waals surface area contributed by atoms with Gasteiger partial charge in [-0.1, -0.05) is 54.6 Å². The van der Waals surface area contributed by atoms with Crippen molar-refractivity contribution in [3.63, 3.8) is 0 Å². The minimum absolute atomic E-state index is 0.138. The zero-order valence-corrected chi connectivity index (χ0v) is 17.8. The number of thiazole rings is 1. The number of carbonyl (C=O) groups is 1. The summed E-state index contributed by atoms with van der Waals surface area (Å²) < 4.78 is 1.81. The molecular weight excluding hydrogens is 392 g/mol. The summed E-state index contributed by atoms with van der Waals surface area (Å²) in [7, 11) is 0. The maximum absolute atomic E-state index is 13.4. The maximum atomic E-state index is 13.4. The third kappa shape index (κ3) is 3.69. The number of hydrogen-bond acceptors (Lipinski definition) is 4. The summed E-state index contributed by atoms with van der Waals surface area (Å²) in [4.78, 5) is 19.8. The van der Waals surface area contributed by atoms with E-state index in [-0.39, 0.29) is 5.91 Å². The van der Waals surface area contributed by atoms with Gasteiger partial charge in [0.2, 0.25) is 0 Å². The zero-order valence-electron chi connectivity index (χ0n) is 16.9. The van der Waals surface area contributed by atoms with E-state index in [1.54, 1.807) is 17.2 Å². The lowest BCUT2D eigenvalue weighted by Gasteiger charge is -2.18. The molecule has 0 saturated heterocycles. The lowest BCUT2D eigenvalue weighted by atomic mass is 10.2. The molecule has 0 unspecified atom stereocenters. The predicted octanol–water partition coefficient (Wildman–Crippen LogP) is 5.45. The van der Waals surface area contributed by atoms with Crippen molar-refractivity contribution in [2.45, 2.75) is 13.8 Å². The van der Waals surface area contributed by atoms with E-state index < -0.39 is 0 Å². The molecule has 6 heteroatoms. The molecule has 0 N–H and O–H groups in total. The minimum Gasteiger partial charge on any atom is -0.280 e. The van der Waals surface area contributed by atoms with Crippen molar-refractivity contribution in [2.75, 3.05) is 11.4 Å². The third-order valence-corrected chi connectivity index (χ3v) is 5.80. The quantitative estimate of drug-likeness (QED) is 0.395. The molecule has 4 aromatic rings. The van der Waals surface area contributed by atoms with E-state index in [9.17, 15) is 4.79 Å². The average molecular weight is 415 g/mol. The van der Waals surface area contributed by atoms with Crippen molar-refractivity contribution < 1.29 is 4.79 Å². The van der Waals surface area contributed by atoms with E-state index in [1.807, 2.05) is 78.5 Å². The highest BCUT2D eigenvalue weighted by atomic mass is 32.1. The van der Waals surface area contributed by atoms with Crippen LogP contribution in [0.3, 0.4) is 0 Å². The second-order valence-electron chi connectivity index (χ2n) is 6.93. The highest BCUT2D eigenvalue weighted by Gasteiger charge is 2.24. The Morgan fingerprint density at radius 3 is 2.60 bits per heavy atom. The molecule has 0 saturated carbocycles. The topological polar surface area (TPSA) is 51.0 Å². The number of nitrogens with zero attached hydrogens (tertiary/aromatic N) is 4.